The van der Waals surface area contributed by atoms with E-state index in [1.165, 1.54) is 107 Å². The van der Waals surface area contributed by atoms with Crippen LogP contribution in [0.1, 0.15) is 163 Å². The Morgan fingerprint density at radius 2 is 1.00 bits per heavy atom. The Bertz CT molecular complexity index is 1040. The van der Waals surface area contributed by atoms with Gasteiger partial charge in [-0.25, -0.2) is 0 Å². The minimum atomic E-state index is -2.42. The largest absolute Gasteiger partial charge is 0.407 e. The molecule has 0 fully saturated rings. The van der Waals surface area contributed by atoms with E-state index in [1.807, 2.05) is 0 Å². The highest BCUT2D eigenvalue weighted by Gasteiger charge is 2.49. The molecule has 2 rings (SSSR count). The second kappa shape index (κ2) is 25.7. The van der Waals surface area contributed by atoms with Gasteiger partial charge >= 0.3 is 0 Å². The quantitative estimate of drug-likeness (QED) is 0.0516. The molecule has 0 bridgehead atoms. The normalized spacial score (nSPS) is 12.4. The van der Waals surface area contributed by atoms with Gasteiger partial charge in [-0.3, -0.25) is 4.79 Å². The van der Waals surface area contributed by atoms with Crippen molar-refractivity contribution in [2.75, 3.05) is 6.61 Å². The van der Waals surface area contributed by atoms with Gasteiger partial charge < -0.3 is 4.43 Å². The van der Waals surface area contributed by atoms with Crippen molar-refractivity contribution < 1.29 is 9.22 Å². The number of carbonyl (C=O) groups excluding carboxylic acids is 1. The van der Waals surface area contributed by atoms with E-state index in [0.29, 0.717) is 5.78 Å². The highest BCUT2D eigenvalue weighted by atomic mass is 28.4. The molecule has 0 aromatic heterocycles. The van der Waals surface area contributed by atoms with E-state index in [-0.39, 0.29) is 5.04 Å². The van der Waals surface area contributed by atoms with Gasteiger partial charge in [-0.15, -0.1) is 0 Å². The van der Waals surface area contributed by atoms with Crippen LogP contribution in [0.2, 0.25) is 5.04 Å². The molecule has 0 spiro atoms. The molecule has 2 aromatic rings. The van der Waals surface area contributed by atoms with Gasteiger partial charge in [0.15, 0.2) is 0 Å². The van der Waals surface area contributed by atoms with Crippen LogP contribution in [0.15, 0.2) is 85.0 Å². The summed E-state index contributed by atoms with van der Waals surface area (Å²) in [6.07, 6.45) is 34.3. The number of unbranched alkanes of at least 4 members (excludes halogenated alkanes) is 15. The van der Waals surface area contributed by atoms with Gasteiger partial charge in [-0.2, -0.15) is 0 Å². The number of allylic oxidation sites excluding steroid dienone is 4. The lowest BCUT2D eigenvalue weighted by molar-refractivity contribution is -0.119. The molecular formula is C44H70O2Si. The maximum atomic E-state index is 12.4. The average molecular weight is 659 g/mol. The SMILES string of the molecule is CCCCCC=CCC=CCCCCCCCCCC(=O)CCCCCCCCO[Si](c1ccccc1)(c1ccccc1)C(C)(C)C. The van der Waals surface area contributed by atoms with Gasteiger partial charge in [-0.05, 0) is 66.8 Å². The predicted molar refractivity (Wildman–Crippen MR) is 209 cm³/mol. The van der Waals surface area contributed by atoms with Crippen molar-refractivity contribution in [1.29, 1.82) is 0 Å². The lowest BCUT2D eigenvalue weighted by Gasteiger charge is -2.43. The summed E-state index contributed by atoms with van der Waals surface area (Å²) in [5.74, 6) is 0.478. The minimum absolute atomic E-state index is 0.0324. The summed E-state index contributed by atoms with van der Waals surface area (Å²) in [6, 6.07) is 21.9. The maximum Gasteiger partial charge on any atom is 0.261 e. The van der Waals surface area contributed by atoms with E-state index < -0.39 is 8.32 Å². The Morgan fingerprint density at radius 1 is 0.574 bits per heavy atom. The summed E-state index contributed by atoms with van der Waals surface area (Å²) < 4.78 is 7.03. The fourth-order valence-electron chi connectivity index (χ4n) is 6.73. The van der Waals surface area contributed by atoms with Crippen LogP contribution in [0.5, 0.6) is 0 Å². The summed E-state index contributed by atoms with van der Waals surface area (Å²) in [7, 11) is -2.42. The summed E-state index contributed by atoms with van der Waals surface area (Å²) >= 11 is 0. The van der Waals surface area contributed by atoms with Gasteiger partial charge in [0.25, 0.3) is 8.32 Å². The summed E-state index contributed by atoms with van der Waals surface area (Å²) in [5, 5.41) is 2.74. The van der Waals surface area contributed by atoms with Crippen molar-refractivity contribution in [1.82, 2.24) is 0 Å². The molecule has 0 heterocycles. The van der Waals surface area contributed by atoms with E-state index in [0.717, 1.165) is 45.1 Å². The van der Waals surface area contributed by atoms with Crippen molar-refractivity contribution in [2.45, 2.75) is 168 Å². The lowest BCUT2D eigenvalue weighted by atomic mass is 10.0. The van der Waals surface area contributed by atoms with E-state index >= 15 is 0 Å². The standard InChI is InChI=1S/C44H70O2Si/c1-5-6-7-8-9-10-11-12-13-14-15-16-17-18-19-22-27-34-41(45)35-28-23-20-21-24-33-40-46-47(44(2,3)4,42-36-29-25-30-37-42)43-38-31-26-32-39-43/h9-10,12-13,25-26,29-32,36-39H,5-8,11,14-24,27-28,33-35,40H2,1-4H3. The van der Waals surface area contributed by atoms with Crippen LogP contribution in [0.4, 0.5) is 0 Å². The van der Waals surface area contributed by atoms with Gasteiger partial charge in [0.05, 0.1) is 0 Å². The van der Waals surface area contributed by atoms with Crippen molar-refractivity contribution in [2.24, 2.45) is 0 Å². The molecule has 3 heteroatoms. The average Bonchev–Trinajstić information content (AvgIpc) is 3.07. The Morgan fingerprint density at radius 3 is 1.47 bits per heavy atom. The number of ketones is 1. The number of benzene rings is 2. The second-order valence-corrected chi connectivity index (χ2v) is 18.9. The van der Waals surface area contributed by atoms with Gasteiger partial charge in [0.2, 0.25) is 0 Å². The van der Waals surface area contributed by atoms with Crippen LogP contribution >= 0.6 is 0 Å². The molecule has 0 N–H and O–H groups in total. The Labute approximate surface area is 292 Å². The fourth-order valence-corrected chi connectivity index (χ4v) is 11.3. The first-order valence-electron chi connectivity index (χ1n) is 19.5. The Hall–Kier alpha value is -2.23. The van der Waals surface area contributed by atoms with Crippen LogP contribution in [0.3, 0.4) is 0 Å². The molecule has 0 aliphatic heterocycles. The third-order valence-corrected chi connectivity index (χ3v) is 14.5. The number of carbonyl (C=O) groups is 1. The molecule has 0 saturated carbocycles. The van der Waals surface area contributed by atoms with Crippen molar-refractivity contribution in [3.05, 3.63) is 85.0 Å². The van der Waals surface area contributed by atoms with E-state index in [9.17, 15) is 4.79 Å². The molecule has 0 saturated heterocycles. The van der Waals surface area contributed by atoms with Crippen molar-refractivity contribution in [3.63, 3.8) is 0 Å². The summed E-state index contributed by atoms with van der Waals surface area (Å²) in [4.78, 5) is 12.4. The predicted octanol–water partition coefficient (Wildman–Crippen LogP) is 12.5. The number of Topliss-reactive ketones (excluding diaryl/α,β-unsaturated/α-hetero) is 1. The molecule has 0 atom stereocenters. The molecule has 47 heavy (non-hydrogen) atoms. The molecule has 2 aromatic carbocycles. The smallest absolute Gasteiger partial charge is 0.261 e. The number of hydrogen-bond acceptors (Lipinski definition) is 2. The van der Waals surface area contributed by atoms with Crippen LogP contribution in [-0.2, 0) is 9.22 Å². The lowest BCUT2D eigenvalue weighted by Crippen LogP contribution is -2.66. The van der Waals surface area contributed by atoms with Gasteiger partial charge in [0.1, 0.15) is 5.78 Å². The minimum Gasteiger partial charge on any atom is -0.407 e. The van der Waals surface area contributed by atoms with Crippen LogP contribution in [-0.4, -0.2) is 20.7 Å². The first-order valence-corrected chi connectivity index (χ1v) is 21.4. The molecule has 2 nitrogen and oxygen atoms in total. The second-order valence-electron chi connectivity index (χ2n) is 14.6. The molecule has 0 unspecified atom stereocenters. The Kier molecular flexibility index (Phi) is 22.4. The van der Waals surface area contributed by atoms with Crippen LogP contribution in [0, 0.1) is 0 Å². The topological polar surface area (TPSA) is 26.3 Å². The molecule has 262 valence electrons. The Balaban J connectivity index is 1.47. The van der Waals surface area contributed by atoms with E-state index in [2.05, 4.69) is 113 Å². The summed E-state index contributed by atoms with van der Waals surface area (Å²) in [5.41, 5.74) is 0. The monoisotopic (exact) mass is 659 g/mol. The highest BCUT2D eigenvalue weighted by Crippen LogP contribution is 2.36. The third-order valence-electron chi connectivity index (χ3n) is 9.49. The van der Waals surface area contributed by atoms with E-state index in [1.54, 1.807) is 0 Å². The van der Waals surface area contributed by atoms with Gasteiger partial charge in [0, 0.05) is 19.4 Å². The van der Waals surface area contributed by atoms with E-state index in [4.69, 9.17) is 4.43 Å². The maximum absolute atomic E-state index is 12.4. The van der Waals surface area contributed by atoms with Crippen LogP contribution < -0.4 is 10.4 Å². The molecule has 0 aliphatic carbocycles. The van der Waals surface area contributed by atoms with Crippen molar-refractivity contribution in [3.8, 4) is 0 Å². The highest BCUT2D eigenvalue weighted by molar-refractivity contribution is 6.99. The molecule has 0 aliphatic rings. The zero-order valence-corrected chi connectivity index (χ0v) is 32.0. The summed E-state index contributed by atoms with van der Waals surface area (Å²) in [6.45, 7) is 10.1. The van der Waals surface area contributed by atoms with Gasteiger partial charge in [-0.1, -0.05) is 183 Å². The first kappa shape index (κ1) is 40.9. The van der Waals surface area contributed by atoms with Crippen LogP contribution in [0.25, 0.3) is 0 Å². The number of rotatable bonds is 28. The fraction of sp³-hybridized carbons (Fsp3) is 0.614. The zero-order chi connectivity index (χ0) is 33.9. The first-order chi connectivity index (χ1) is 22.9. The number of hydrogen-bond donors (Lipinski definition) is 0. The molecule has 0 amide bonds. The molecule has 0 radical (unpaired) electrons. The third kappa shape index (κ3) is 17.1. The van der Waals surface area contributed by atoms with Crippen molar-refractivity contribution >= 4 is 24.5 Å². The molecular weight excluding hydrogens is 589 g/mol. The zero-order valence-electron chi connectivity index (χ0n) is 31.0.